The van der Waals surface area contributed by atoms with Gasteiger partial charge in [0, 0.05) is 35.8 Å². The molecule has 7 heteroatoms. The maximum Gasteiger partial charge on any atom is 0.172 e. The molecule has 3 unspecified atom stereocenters. The van der Waals surface area contributed by atoms with Gasteiger partial charge in [0.25, 0.3) is 0 Å². The van der Waals surface area contributed by atoms with E-state index in [0.717, 1.165) is 45.7 Å². The third-order valence-corrected chi connectivity index (χ3v) is 7.77. The molecule has 2 aliphatic rings. The summed E-state index contributed by atoms with van der Waals surface area (Å²) in [5.41, 5.74) is 2.58. The highest BCUT2D eigenvalue weighted by Gasteiger charge is 2.30. The number of nitrogens with one attached hydrogen (secondary N) is 1. The number of rotatable bonds is 5. The quantitative estimate of drug-likeness (QED) is 0.456. The van der Waals surface area contributed by atoms with Crippen molar-refractivity contribution in [2.75, 3.05) is 25.0 Å². The van der Waals surface area contributed by atoms with E-state index in [4.69, 9.17) is 16.6 Å². The minimum absolute atomic E-state index is 0.649. The zero-order chi connectivity index (χ0) is 21.4. The van der Waals surface area contributed by atoms with E-state index in [0.29, 0.717) is 10.9 Å². The van der Waals surface area contributed by atoms with Crippen molar-refractivity contribution in [1.82, 2.24) is 19.5 Å². The third kappa shape index (κ3) is 4.48. The lowest BCUT2D eigenvalue weighted by Gasteiger charge is -2.37. The summed E-state index contributed by atoms with van der Waals surface area (Å²) in [7, 11) is 0. The zero-order valence-corrected chi connectivity index (χ0v) is 20.2. The second-order valence-electron chi connectivity index (χ2n) is 9.19. The Labute approximate surface area is 197 Å². The van der Waals surface area contributed by atoms with Gasteiger partial charge in [-0.05, 0) is 72.5 Å². The molecule has 31 heavy (non-hydrogen) atoms. The molecule has 3 atom stereocenters. The number of aromatic nitrogens is 3. The normalized spacial score (nSPS) is 24.7. The third-order valence-electron chi connectivity index (χ3n) is 6.88. The minimum atomic E-state index is 0.649. The smallest absolute Gasteiger partial charge is 0.172 e. The average molecular weight is 503 g/mol. The molecule has 164 valence electrons. The number of likely N-dealkylation sites (tertiary alicyclic amines) is 1. The Morgan fingerprint density at radius 2 is 2.10 bits per heavy atom. The van der Waals surface area contributed by atoms with Crippen molar-refractivity contribution in [2.45, 2.75) is 45.1 Å². The molecular formula is C24H29BrClN5. The highest BCUT2D eigenvalue weighted by molar-refractivity contribution is 9.10. The summed E-state index contributed by atoms with van der Waals surface area (Å²) in [6.07, 6.45) is 8.50. The van der Waals surface area contributed by atoms with Crippen LogP contribution in [-0.4, -0.2) is 45.2 Å². The van der Waals surface area contributed by atoms with E-state index in [-0.39, 0.29) is 0 Å². The molecule has 2 aromatic heterocycles. The number of fused-ring (bicyclic) bond motifs is 1. The van der Waals surface area contributed by atoms with Crippen LogP contribution < -0.4 is 5.32 Å². The number of benzene rings is 1. The summed E-state index contributed by atoms with van der Waals surface area (Å²) in [5.74, 6) is 2.49. The summed E-state index contributed by atoms with van der Waals surface area (Å²) < 4.78 is 2.76. The summed E-state index contributed by atoms with van der Waals surface area (Å²) in [5, 5.41) is 8.92. The van der Waals surface area contributed by atoms with E-state index < -0.39 is 0 Å². The Morgan fingerprint density at radius 1 is 1.23 bits per heavy atom. The van der Waals surface area contributed by atoms with Gasteiger partial charge in [0.05, 0.1) is 16.4 Å². The van der Waals surface area contributed by atoms with Gasteiger partial charge in [0.15, 0.2) is 5.65 Å². The second-order valence-corrected chi connectivity index (χ2v) is 10.5. The zero-order valence-electron chi connectivity index (χ0n) is 17.9. The molecule has 1 aliphatic heterocycles. The molecule has 3 aromatic rings. The summed E-state index contributed by atoms with van der Waals surface area (Å²) >= 11 is 10.1. The van der Waals surface area contributed by atoms with Crippen molar-refractivity contribution in [3.8, 4) is 11.3 Å². The van der Waals surface area contributed by atoms with Gasteiger partial charge in [-0.25, -0.2) is 4.98 Å². The molecule has 0 spiro atoms. The van der Waals surface area contributed by atoms with Gasteiger partial charge in [-0.2, -0.15) is 9.61 Å². The van der Waals surface area contributed by atoms with Crippen LogP contribution in [0.25, 0.3) is 16.9 Å². The van der Waals surface area contributed by atoms with Crippen molar-refractivity contribution in [3.05, 3.63) is 46.0 Å². The minimum Gasteiger partial charge on any atom is -0.370 e. The molecule has 1 saturated heterocycles. The van der Waals surface area contributed by atoms with Gasteiger partial charge in [-0.1, -0.05) is 36.7 Å². The molecule has 5 rings (SSSR count). The fourth-order valence-corrected chi connectivity index (χ4v) is 5.80. The molecule has 1 aromatic carbocycles. The van der Waals surface area contributed by atoms with Crippen LogP contribution in [0.15, 0.2) is 41.0 Å². The molecule has 2 fully saturated rings. The molecule has 0 radical (unpaired) electrons. The molecule has 3 heterocycles. The van der Waals surface area contributed by atoms with Gasteiger partial charge in [-0.3, -0.25) is 0 Å². The number of hydrogen-bond donors (Lipinski definition) is 1. The lowest BCUT2D eigenvalue weighted by atomic mass is 9.96. The van der Waals surface area contributed by atoms with Crippen molar-refractivity contribution < 1.29 is 0 Å². The maximum atomic E-state index is 6.46. The molecule has 1 saturated carbocycles. The maximum absolute atomic E-state index is 6.46. The Kier molecular flexibility index (Phi) is 6.22. The summed E-state index contributed by atoms with van der Waals surface area (Å²) in [6, 6.07) is 10.7. The van der Waals surface area contributed by atoms with Crippen LogP contribution in [-0.2, 0) is 0 Å². The van der Waals surface area contributed by atoms with Crippen LogP contribution in [0.1, 0.15) is 39.0 Å². The van der Waals surface area contributed by atoms with Crippen LogP contribution in [0.2, 0.25) is 5.02 Å². The molecular weight excluding hydrogens is 474 g/mol. The van der Waals surface area contributed by atoms with Crippen LogP contribution in [0.3, 0.4) is 0 Å². The van der Waals surface area contributed by atoms with E-state index in [2.05, 4.69) is 44.2 Å². The van der Waals surface area contributed by atoms with Gasteiger partial charge in [-0.15, -0.1) is 0 Å². The Bertz CT molecular complexity index is 1070. The van der Waals surface area contributed by atoms with Crippen molar-refractivity contribution in [3.63, 3.8) is 0 Å². The second kappa shape index (κ2) is 9.08. The fraction of sp³-hybridized carbons (Fsp3) is 0.500. The highest BCUT2D eigenvalue weighted by atomic mass is 79.9. The average Bonchev–Trinajstić information content (AvgIpc) is 3.38. The first kappa shape index (κ1) is 21.2. The lowest BCUT2D eigenvalue weighted by Crippen LogP contribution is -2.43. The number of nitrogens with zero attached hydrogens (tertiary/aromatic N) is 4. The Morgan fingerprint density at radius 3 is 2.90 bits per heavy atom. The first-order valence-corrected chi connectivity index (χ1v) is 12.5. The standard InChI is InChI=1S/C24H29BrClN5/c1-16-8-9-18(11-16)30-10-4-5-17(15-30)13-27-23-12-22(19-6-2-3-7-21(19)26)29-24-20(25)14-28-31(23)24/h2-3,6-7,12,14,16-18,27H,4-5,8-11,13,15H2,1H3. The predicted octanol–water partition coefficient (Wildman–Crippen LogP) is 6.12. The molecule has 1 N–H and O–H groups in total. The van der Waals surface area contributed by atoms with E-state index in [9.17, 15) is 0 Å². The Hall–Kier alpha value is -1.63. The highest BCUT2D eigenvalue weighted by Crippen LogP contribution is 2.33. The first-order valence-electron chi connectivity index (χ1n) is 11.4. The number of piperidine rings is 1. The summed E-state index contributed by atoms with van der Waals surface area (Å²) in [6.45, 7) is 5.79. The lowest BCUT2D eigenvalue weighted by molar-refractivity contribution is 0.127. The number of halogens is 2. The van der Waals surface area contributed by atoms with E-state index in [1.54, 1.807) is 6.20 Å². The van der Waals surface area contributed by atoms with Crippen molar-refractivity contribution in [2.24, 2.45) is 11.8 Å². The van der Waals surface area contributed by atoms with Crippen LogP contribution >= 0.6 is 27.5 Å². The van der Waals surface area contributed by atoms with Gasteiger partial charge in [0.1, 0.15) is 5.82 Å². The van der Waals surface area contributed by atoms with E-state index in [1.165, 1.54) is 45.2 Å². The monoisotopic (exact) mass is 501 g/mol. The van der Waals surface area contributed by atoms with Gasteiger partial charge >= 0.3 is 0 Å². The van der Waals surface area contributed by atoms with Crippen molar-refractivity contribution >= 4 is 39.0 Å². The first-order chi connectivity index (χ1) is 15.1. The van der Waals surface area contributed by atoms with Crippen molar-refractivity contribution in [1.29, 1.82) is 0 Å². The molecule has 0 bridgehead atoms. The van der Waals surface area contributed by atoms with E-state index >= 15 is 0 Å². The largest absolute Gasteiger partial charge is 0.370 e. The molecule has 1 aliphatic carbocycles. The number of hydrogen-bond acceptors (Lipinski definition) is 4. The van der Waals surface area contributed by atoms with Crippen LogP contribution in [0.4, 0.5) is 5.82 Å². The van der Waals surface area contributed by atoms with Crippen LogP contribution in [0, 0.1) is 11.8 Å². The SMILES string of the molecule is CC1CCC(N2CCCC(CNc3cc(-c4ccccc4Cl)nc4c(Br)cnn34)C2)C1. The molecule has 0 amide bonds. The van der Waals surface area contributed by atoms with Gasteiger partial charge < -0.3 is 10.2 Å². The van der Waals surface area contributed by atoms with Gasteiger partial charge in [0.2, 0.25) is 0 Å². The van der Waals surface area contributed by atoms with E-state index in [1.807, 2.05) is 28.8 Å². The Balaban J connectivity index is 1.36. The van der Waals surface area contributed by atoms with Crippen LogP contribution in [0.5, 0.6) is 0 Å². The topological polar surface area (TPSA) is 45.5 Å². The predicted molar refractivity (Wildman–Crippen MR) is 131 cm³/mol. The number of anilines is 1. The molecule has 5 nitrogen and oxygen atoms in total. The fourth-order valence-electron chi connectivity index (χ4n) is 5.22. The summed E-state index contributed by atoms with van der Waals surface area (Å²) in [4.78, 5) is 7.56.